The third-order valence-electron chi connectivity index (χ3n) is 3.68. The molecule has 2 heterocycles. The molecule has 2 aromatic heterocycles. The molecule has 23 heavy (non-hydrogen) atoms. The summed E-state index contributed by atoms with van der Waals surface area (Å²) < 4.78 is 1.30. The van der Waals surface area contributed by atoms with E-state index >= 15 is 0 Å². The third kappa shape index (κ3) is 3.26. The highest BCUT2D eigenvalue weighted by Crippen LogP contribution is 2.06. The van der Waals surface area contributed by atoms with E-state index in [9.17, 15) is 9.59 Å². The first kappa shape index (κ1) is 14.9. The number of hydrogen-bond acceptors (Lipinski definition) is 4. The van der Waals surface area contributed by atoms with Crippen LogP contribution in [0.1, 0.15) is 11.1 Å². The van der Waals surface area contributed by atoms with Crippen LogP contribution in [-0.4, -0.2) is 20.4 Å². The van der Waals surface area contributed by atoms with Crippen LogP contribution in [0.2, 0.25) is 0 Å². The zero-order valence-electron chi connectivity index (χ0n) is 12.7. The first-order valence-electron chi connectivity index (χ1n) is 7.25. The highest BCUT2D eigenvalue weighted by Gasteiger charge is 2.08. The Hall–Kier alpha value is -3.02. The van der Waals surface area contributed by atoms with Gasteiger partial charge in [-0.15, -0.1) is 0 Å². The van der Waals surface area contributed by atoms with Crippen molar-refractivity contribution >= 4 is 16.8 Å². The van der Waals surface area contributed by atoms with Gasteiger partial charge in [0.1, 0.15) is 6.54 Å². The fourth-order valence-electron chi connectivity index (χ4n) is 2.33. The molecule has 1 amide bonds. The molecule has 6 nitrogen and oxygen atoms in total. The number of rotatable bonds is 4. The van der Waals surface area contributed by atoms with Gasteiger partial charge in [0.15, 0.2) is 0 Å². The fraction of sp³-hybridized carbons (Fsp3) is 0.176. The van der Waals surface area contributed by atoms with Crippen molar-refractivity contribution in [3.8, 4) is 0 Å². The summed E-state index contributed by atoms with van der Waals surface area (Å²) >= 11 is 0. The van der Waals surface area contributed by atoms with Crippen LogP contribution in [0, 0.1) is 6.92 Å². The molecule has 0 spiro atoms. The van der Waals surface area contributed by atoms with Crippen molar-refractivity contribution in [2.45, 2.75) is 20.0 Å². The quantitative estimate of drug-likeness (QED) is 0.790. The number of benzene rings is 1. The predicted octanol–water partition coefficient (Wildman–Crippen LogP) is 1.42. The Bertz CT molecular complexity index is 918. The lowest BCUT2D eigenvalue weighted by Gasteiger charge is -2.09. The van der Waals surface area contributed by atoms with E-state index in [4.69, 9.17) is 0 Å². The van der Waals surface area contributed by atoms with Crippen LogP contribution >= 0.6 is 0 Å². The van der Waals surface area contributed by atoms with Crippen molar-refractivity contribution in [3.63, 3.8) is 0 Å². The molecule has 6 heteroatoms. The zero-order chi connectivity index (χ0) is 16.2. The summed E-state index contributed by atoms with van der Waals surface area (Å²) in [7, 11) is 0. The molecule has 0 unspecified atom stereocenters. The molecule has 0 saturated heterocycles. The lowest BCUT2D eigenvalue weighted by molar-refractivity contribution is -0.121. The molecule has 0 bridgehead atoms. The Balaban J connectivity index is 1.72. The van der Waals surface area contributed by atoms with Gasteiger partial charge in [0.2, 0.25) is 5.91 Å². The number of nitrogens with zero attached hydrogens (tertiary/aromatic N) is 3. The molecule has 116 valence electrons. The van der Waals surface area contributed by atoms with Crippen molar-refractivity contribution in [2.75, 3.05) is 0 Å². The maximum absolute atomic E-state index is 12.3. The molecular weight excluding hydrogens is 292 g/mol. The number of hydrogen-bond donors (Lipinski definition) is 1. The van der Waals surface area contributed by atoms with Crippen LogP contribution in [0.4, 0.5) is 0 Å². The molecular formula is C17H16N4O2. The molecule has 0 atom stereocenters. The van der Waals surface area contributed by atoms with E-state index in [1.54, 1.807) is 6.07 Å². The van der Waals surface area contributed by atoms with Gasteiger partial charge in [0.05, 0.1) is 23.4 Å². The number of aryl methyl sites for hydroxylation is 1. The Morgan fingerprint density at radius 1 is 1.26 bits per heavy atom. The van der Waals surface area contributed by atoms with E-state index in [2.05, 4.69) is 15.3 Å². The SMILES string of the molecule is Cc1ccccc1CNC(=O)Cn1cnc2cnccc2c1=O. The number of carbonyl (C=O) groups is 1. The Kier molecular flexibility index (Phi) is 4.14. The molecule has 1 aromatic carbocycles. The highest BCUT2D eigenvalue weighted by atomic mass is 16.2. The normalized spacial score (nSPS) is 10.7. The number of carbonyl (C=O) groups excluding carboxylic acids is 1. The van der Waals surface area contributed by atoms with Crippen LogP contribution in [0.25, 0.3) is 10.9 Å². The van der Waals surface area contributed by atoms with Gasteiger partial charge < -0.3 is 5.32 Å². The van der Waals surface area contributed by atoms with Gasteiger partial charge >= 0.3 is 0 Å². The molecule has 3 aromatic rings. The van der Waals surface area contributed by atoms with Crippen LogP contribution in [0.15, 0.2) is 53.8 Å². The topological polar surface area (TPSA) is 76.9 Å². The number of aromatic nitrogens is 3. The minimum absolute atomic E-state index is 0.0595. The summed E-state index contributed by atoms with van der Waals surface area (Å²) in [6.07, 6.45) is 4.44. The zero-order valence-corrected chi connectivity index (χ0v) is 12.7. The van der Waals surface area contributed by atoms with Gasteiger partial charge in [-0.2, -0.15) is 0 Å². The third-order valence-corrected chi connectivity index (χ3v) is 3.68. The van der Waals surface area contributed by atoms with Crippen molar-refractivity contribution in [3.05, 3.63) is 70.5 Å². The predicted molar refractivity (Wildman–Crippen MR) is 86.8 cm³/mol. The maximum Gasteiger partial charge on any atom is 0.261 e. The molecule has 0 aliphatic heterocycles. The van der Waals surface area contributed by atoms with Crippen molar-refractivity contribution in [2.24, 2.45) is 0 Å². The van der Waals surface area contributed by atoms with Gasteiger partial charge in [-0.1, -0.05) is 24.3 Å². The number of pyridine rings is 1. The second kappa shape index (κ2) is 6.39. The number of amides is 1. The largest absolute Gasteiger partial charge is 0.350 e. The second-order valence-corrected chi connectivity index (χ2v) is 5.27. The molecule has 0 saturated carbocycles. The number of fused-ring (bicyclic) bond motifs is 1. The van der Waals surface area contributed by atoms with Crippen molar-refractivity contribution < 1.29 is 4.79 Å². The summed E-state index contributed by atoms with van der Waals surface area (Å²) in [5, 5.41) is 3.28. The van der Waals surface area contributed by atoms with Crippen LogP contribution in [0.3, 0.4) is 0 Å². The molecule has 1 N–H and O–H groups in total. The van der Waals surface area contributed by atoms with Gasteiger partial charge in [-0.25, -0.2) is 4.98 Å². The highest BCUT2D eigenvalue weighted by molar-refractivity contribution is 5.78. The summed E-state index contributed by atoms with van der Waals surface area (Å²) in [4.78, 5) is 32.5. The summed E-state index contributed by atoms with van der Waals surface area (Å²) in [5.41, 5.74) is 2.44. The Morgan fingerprint density at radius 3 is 2.91 bits per heavy atom. The second-order valence-electron chi connectivity index (χ2n) is 5.27. The van der Waals surface area contributed by atoms with E-state index in [-0.39, 0.29) is 18.0 Å². The molecule has 0 radical (unpaired) electrons. The lowest BCUT2D eigenvalue weighted by atomic mass is 10.1. The molecule has 3 rings (SSSR count). The average molecular weight is 308 g/mol. The van der Waals surface area contributed by atoms with Crippen molar-refractivity contribution in [1.82, 2.24) is 19.9 Å². The standard InChI is InChI=1S/C17H16N4O2/c1-12-4-2-3-5-13(12)8-19-16(22)10-21-11-20-15-9-18-7-6-14(15)17(21)23/h2-7,9,11H,8,10H2,1H3,(H,19,22). The van der Waals surface area contributed by atoms with E-state index < -0.39 is 0 Å². The van der Waals surface area contributed by atoms with Crippen LogP contribution < -0.4 is 10.9 Å². The van der Waals surface area contributed by atoms with Gasteiger partial charge in [-0.05, 0) is 24.1 Å². The summed E-state index contributed by atoms with van der Waals surface area (Å²) in [6, 6.07) is 9.45. The van der Waals surface area contributed by atoms with E-state index in [0.717, 1.165) is 11.1 Å². The summed E-state index contributed by atoms with van der Waals surface area (Å²) in [5.74, 6) is -0.231. The summed E-state index contributed by atoms with van der Waals surface area (Å²) in [6.45, 7) is 2.37. The minimum atomic E-state index is -0.247. The smallest absolute Gasteiger partial charge is 0.261 e. The van der Waals surface area contributed by atoms with Gasteiger partial charge in [-0.3, -0.25) is 19.1 Å². The van der Waals surface area contributed by atoms with E-state index in [0.29, 0.717) is 17.4 Å². The molecule has 0 aliphatic rings. The Labute approximate surface area is 132 Å². The first-order chi connectivity index (χ1) is 11.1. The van der Waals surface area contributed by atoms with Gasteiger partial charge in [0.25, 0.3) is 5.56 Å². The number of nitrogens with one attached hydrogen (secondary N) is 1. The molecule has 0 aliphatic carbocycles. The van der Waals surface area contributed by atoms with Crippen LogP contribution in [0.5, 0.6) is 0 Å². The van der Waals surface area contributed by atoms with E-state index in [1.807, 2.05) is 31.2 Å². The lowest BCUT2D eigenvalue weighted by Crippen LogP contribution is -2.32. The fourth-order valence-corrected chi connectivity index (χ4v) is 2.33. The van der Waals surface area contributed by atoms with E-state index in [1.165, 1.54) is 23.3 Å². The van der Waals surface area contributed by atoms with Crippen molar-refractivity contribution in [1.29, 1.82) is 0 Å². The monoisotopic (exact) mass is 308 g/mol. The maximum atomic E-state index is 12.3. The average Bonchev–Trinajstić information content (AvgIpc) is 2.57. The van der Waals surface area contributed by atoms with Crippen LogP contribution in [-0.2, 0) is 17.9 Å². The minimum Gasteiger partial charge on any atom is -0.350 e. The van der Waals surface area contributed by atoms with Gasteiger partial charge in [0, 0.05) is 12.7 Å². The first-order valence-corrected chi connectivity index (χ1v) is 7.25. The Morgan fingerprint density at radius 2 is 2.09 bits per heavy atom. The molecule has 0 fully saturated rings.